The molecular weight excluding hydrogens is 420 g/mol. The van der Waals surface area contributed by atoms with Gasteiger partial charge in [-0.1, -0.05) is 51.3 Å². The van der Waals surface area contributed by atoms with E-state index in [2.05, 4.69) is 38.8 Å². The van der Waals surface area contributed by atoms with Crippen LogP contribution in [-0.2, 0) is 27.3 Å². The van der Waals surface area contributed by atoms with Gasteiger partial charge < -0.3 is 20.3 Å². The third kappa shape index (κ3) is 6.57. The van der Waals surface area contributed by atoms with Gasteiger partial charge in [0.2, 0.25) is 11.8 Å². The fourth-order valence-corrected chi connectivity index (χ4v) is 4.44. The van der Waals surface area contributed by atoms with Crippen LogP contribution < -0.4 is 16.0 Å². The van der Waals surface area contributed by atoms with Crippen molar-refractivity contribution in [2.24, 2.45) is 5.92 Å². The number of nitrogens with zero attached hydrogens (tertiary/aromatic N) is 1. The molecule has 2 unspecified atom stereocenters. The largest absolute Gasteiger partial charge is 0.480 e. The van der Waals surface area contributed by atoms with Crippen LogP contribution in [0.15, 0.2) is 30.5 Å². The summed E-state index contributed by atoms with van der Waals surface area (Å²) in [5.74, 6) is -1.66. The van der Waals surface area contributed by atoms with Crippen LogP contribution in [0.2, 0.25) is 0 Å². The average molecular weight is 457 g/mol. The molecule has 8 heteroatoms. The number of hydrogen-bond acceptors (Lipinski definition) is 4. The summed E-state index contributed by atoms with van der Waals surface area (Å²) in [6.45, 7) is 5.04. The van der Waals surface area contributed by atoms with E-state index < -0.39 is 18.1 Å². The summed E-state index contributed by atoms with van der Waals surface area (Å²) >= 11 is 0. The lowest BCUT2D eigenvalue weighted by Crippen LogP contribution is -2.56. The predicted molar refractivity (Wildman–Crippen MR) is 128 cm³/mol. The average Bonchev–Trinajstić information content (AvgIpc) is 3.15. The van der Waals surface area contributed by atoms with Gasteiger partial charge in [0.05, 0.1) is 12.6 Å². The molecule has 2 bridgehead atoms. The molecule has 2 amide bonds. The molecule has 0 saturated carbocycles. The summed E-state index contributed by atoms with van der Waals surface area (Å²) < 4.78 is 2.25. The number of benzene rings is 1. The maximum Gasteiger partial charge on any atom is 0.317 e. The third-order valence-corrected chi connectivity index (χ3v) is 6.52. The van der Waals surface area contributed by atoms with Crippen molar-refractivity contribution in [2.75, 3.05) is 13.1 Å². The summed E-state index contributed by atoms with van der Waals surface area (Å²) in [7, 11) is 0. The summed E-state index contributed by atoms with van der Waals surface area (Å²) in [6, 6.07) is 6.72. The first-order chi connectivity index (χ1) is 15.9. The molecule has 0 radical (unpaired) electrons. The van der Waals surface area contributed by atoms with Gasteiger partial charge in [-0.15, -0.1) is 0 Å². The zero-order valence-electron chi connectivity index (χ0n) is 19.6. The Bertz CT molecular complexity index is 970. The monoisotopic (exact) mass is 456 g/mol. The molecule has 1 aromatic heterocycles. The fourth-order valence-electron chi connectivity index (χ4n) is 4.44. The molecular formula is C25H36N4O4. The van der Waals surface area contributed by atoms with Gasteiger partial charge in [0.25, 0.3) is 0 Å². The third-order valence-electron chi connectivity index (χ3n) is 6.52. The second-order valence-electron chi connectivity index (χ2n) is 8.97. The maximum absolute atomic E-state index is 13.2. The molecule has 0 aliphatic carbocycles. The highest BCUT2D eigenvalue weighted by Crippen LogP contribution is 2.24. The summed E-state index contributed by atoms with van der Waals surface area (Å²) in [6.07, 6.45) is 7.30. The van der Waals surface area contributed by atoms with Crippen molar-refractivity contribution in [3.8, 4) is 0 Å². The van der Waals surface area contributed by atoms with Gasteiger partial charge in [0.15, 0.2) is 0 Å². The lowest BCUT2D eigenvalue weighted by molar-refractivity contribution is -0.136. The second-order valence-corrected chi connectivity index (χ2v) is 8.97. The number of aromatic nitrogens is 1. The second kappa shape index (κ2) is 11.8. The number of aliphatic carboxylic acids is 1. The van der Waals surface area contributed by atoms with Gasteiger partial charge in [0.1, 0.15) is 6.04 Å². The number of carbonyl (C=O) groups excluding carboxylic acids is 2. The number of hydrogen-bond donors (Lipinski definition) is 4. The van der Waals surface area contributed by atoms with E-state index in [4.69, 9.17) is 5.11 Å². The number of carboxylic acid groups (broad SMARTS) is 1. The number of amides is 2. The van der Waals surface area contributed by atoms with Gasteiger partial charge in [-0.05, 0) is 30.4 Å². The summed E-state index contributed by atoms with van der Waals surface area (Å²) in [5.41, 5.74) is 2.15. The van der Waals surface area contributed by atoms with E-state index in [0.29, 0.717) is 19.4 Å². The van der Waals surface area contributed by atoms with E-state index in [9.17, 15) is 14.4 Å². The van der Waals surface area contributed by atoms with Crippen LogP contribution in [0.1, 0.15) is 51.5 Å². The van der Waals surface area contributed by atoms with E-state index in [0.717, 1.165) is 48.7 Å². The minimum Gasteiger partial charge on any atom is -0.480 e. The lowest BCUT2D eigenvalue weighted by Gasteiger charge is -2.26. The molecule has 3 rings (SSSR count). The number of aryl methyl sites for hydroxylation is 1. The van der Waals surface area contributed by atoms with E-state index in [1.54, 1.807) is 0 Å². The van der Waals surface area contributed by atoms with E-state index >= 15 is 0 Å². The Balaban J connectivity index is 1.87. The van der Waals surface area contributed by atoms with Crippen LogP contribution in [-0.4, -0.2) is 52.6 Å². The number of nitrogens with one attached hydrogen (secondary N) is 3. The maximum atomic E-state index is 13.2. The van der Waals surface area contributed by atoms with Gasteiger partial charge in [-0.25, -0.2) is 0 Å². The van der Waals surface area contributed by atoms with Crippen molar-refractivity contribution >= 4 is 28.7 Å². The van der Waals surface area contributed by atoms with Gasteiger partial charge >= 0.3 is 5.97 Å². The standard InChI is InChI=1S/C25H36N4O4/c1-3-17(2)23(27-15-22(30)31)25(33)28-20-14-18-16-29(21-11-7-6-10-19(18)21)13-9-5-4-8-12-26-24(20)32/h6-7,10-11,16-17,20,23,27H,3-5,8-9,12-15H2,1-2H3,(H,26,32)(H,28,33)(H,30,31)/t17?,20-,23?/m0/s1. The quantitative estimate of drug-likeness (QED) is 0.511. The minimum atomic E-state index is -1.02. The summed E-state index contributed by atoms with van der Waals surface area (Å²) in [4.78, 5) is 37.3. The van der Waals surface area contributed by atoms with E-state index in [1.807, 2.05) is 26.0 Å². The molecule has 3 atom stereocenters. The smallest absolute Gasteiger partial charge is 0.317 e. The normalized spacial score (nSPS) is 19.5. The van der Waals surface area contributed by atoms with E-state index in [1.165, 1.54) is 0 Å². The number of carboxylic acids is 1. The topological polar surface area (TPSA) is 112 Å². The Hall–Kier alpha value is -2.87. The highest BCUT2D eigenvalue weighted by atomic mass is 16.4. The zero-order valence-corrected chi connectivity index (χ0v) is 19.6. The molecule has 1 aliphatic heterocycles. The number of para-hydroxylation sites is 1. The van der Waals surface area contributed by atoms with Crippen LogP contribution in [0.25, 0.3) is 10.9 Å². The molecule has 8 nitrogen and oxygen atoms in total. The fraction of sp³-hybridized carbons (Fsp3) is 0.560. The van der Waals surface area contributed by atoms with Crippen molar-refractivity contribution in [3.63, 3.8) is 0 Å². The first-order valence-electron chi connectivity index (χ1n) is 12.0. The molecule has 0 fully saturated rings. The SMILES string of the molecule is CCC(C)C(NCC(=O)O)C(=O)N[C@H]1Cc2cn(c3ccccc23)CCCCCCNC1=O. The highest BCUT2D eigenvalue weighted by molar-refractivity contribution is 5.91. The number of fused-ring (bicyclic) bond motifs is 5. The van der Waals surface area contributed by atoms with Crippen molar-refractivity contribution in [2.45, 2.75) is 71.0 Å². The van der Waals surface area contributed by atoms with Crippen molar-refractivity contribution in [1.29, 1.82) is 0 Å². The molecule has 0 saturated heterocycles. The Labute approximate surface area is 195 Å². The number of rotatable bonds is 7. The van der Waals surface area contributed by atoms with Crippen LogP contribution >= 0.6 is 0 Å². The van der Waals surface area contributed by atoms with Crippen LogP contribution in [0.4, 0.5) is 0 Å². The highest BCUT2D eigenvalue weighted by Gasteiger charge is 2.29. The van der Waals surface area contributed by atoms with Gasteiger partial charge in [-0.3, -0.25) is 19.7 Å². The Kier molecular flexibility index (Phi) is 8.88. The molecule has 0 spiro atoms. The molecule has 33 heavy (non-hydrogen) atoms. The predicted octanol–water partition coefficient (Wildman–Crippen LogP) is 2.45. The molecule has 180 valence electrons. The molecule has 2 aromatic rings. The Morgan fingerprint density at radius 1 is 1.21 bits per heavy atom. The van der Waals surface area contributed by atoms with Gasteiger partial charge in [0, 0.05) is 36.6 Å². The summed E-state index contributed by atoms with van der Waals surface area (Å²) in [5, 5.41) is 18.9. The number of carbonyl (C=O) groups is 3. The minimum absolute atomic E-state index is 0.0796. The zero-order chi connectivity index (χ0) is 23.8. The van der Waals surface area contributed by atoms with E-state index in [-0.39, 0.29) is 24.3 Å². The van der Waals surface area contributed by atoms with Crippen molar-refractivity contribution in [3.05, 3.63) is 36.0 Å². The van der Waals surface area contributed by atoms with Crippen LogP contribution in [0, 0.1) is 5.92 Å². The van der Waals surface area contributed by atoms with Crippen LogP contribution in [0.3, 0.4) is 0 Å². The van der Waals surface area contributed by atoms with Crippen molar-refractivity contribution in [1.82, 2.24) is 20.5 Å². The molecule has 4 N–H and O–H groups in total. The van der Waals surface area contributed by atoms with Gasteiger partial charge in [-0.2, -0.15) is 0 Å². The molecule has 2 heterocycles. The molecule has 1 aromatic carbocycles. The van der Waals surface area contributed by atoms with Crippen molar-refractivity contribution < 1.29 is 19.5 Å². The first kappa shape index (κ1) is 24.8. The lowest BCUT2D eigenvalue weighted by atomic mass is 9.97. The Morgan fingerprint density at radius 3 is 2.73 bits per heavy atom. The van der Waals surface area contributed by atoms with Crippen LogP contribution in [0.5, 0.6) is 0 Å². The Morgan fingerprint density at radius 2 is 1.97 bits per heavy atom. The first-order valence-corrected chi connectivity index (χ1v) is 12.0. The molecule has 1 aliphatic rings.